The third kappa shape index (κ3) is 3.59. The van der Waals surface area contributed by atoms with Crippen molar-refractivity contribution in [1.82, 2.24) is 5.32 Å². The van der Waals surface area contributed by atoms with Gasteiger partial charge in [-0.2, -0.15) is 0 Å². The molecule has 4 saturated carbocycles. The highest BCUT2D eigenvalue weighted by atomic mass is 32.2. The first-order chi connectivity index (χ1) is 13.5. The number of aliphatic imine (C=N–C) groups is 1. The number of nitrogens with zero attached hydrogens (tertiary/aromatic N) is 1. The Bertz CT molecular complexity index is 797. The zero-order valence-corrected chi connectivity index (χ0v) is 17.1. The van der Waals surface area contributed by atoms with E-state index in [1.165, 1.54) is 50.3 Å². The molecule has 6 heteroatoms. The van der Waals surface area contributed by atoms with Crippen LogP contribution in [0.1, 0.15) is 50.5 Å². The fourth-order valence-corrected chi connectivity index (χ4v) is 7.10. The van der Waals surface area contributed by atoms with Crippen LogP contribution in [0, 0.1) is 24.7 Å². The fourth-order valence-electron chi connectivity index (χ4n) is 6.03. The Morgan fingerprint density at radius 1 is 1.14 bits per heavy atom. The van der Waals surface area contributed by atoms with Gasteiger partial charge in [-0.15, -0.1) is 0 Å². The second-order valence-corrected chi connectivity index (χ2v) is 10.5. The number of anilines is 1. The van der Waals surface area contributed by atoms with Crippen molar-refractivity contribution in [2.75, 3.05) is 5.32 Å². The molecule has 0 spiro atoms. The number of benzene rings is 1. The van der Waals surface area contributed by atoms with Crippen LogP contribution in [0.4, 0.5) is 5.69 Å². The van der Waals surface area contributed by atoms with Crippen molar-refractivity contribution < 1.29 is 9.59 Å². The van der Waals surface area contributed by atoms with E-state index >= 15 is 0 Å². The molecule has 28 heavy (non-hydrogen) atoms. The molecule has 1 unspecified atom stereocenters. The summed E-state index contributed by atoms with van der Waals surface area (Å²) in [4.78, 5) is 29.9. The van der Waals surface area contributed by atoms with E-state index in [1.54, 1.807) is 0 Å². The first-order valence-electron chi connectivity index (χ1n) is 10.4. The maximum absolute atomic E-state index is 12.4. The number of nitrogens with one attached hydrogen (secondary N) is 2. The van der Waals surface area contributed by atoms with E-state index < -0.39 is 5.25 Å². The quantitative estimate of drug-likeness (QED) is 0.810. The van der Waals surface area contributed by atoms with Crippen LogP contribution in [0.25, 0.3) is 0 Å². The molecule has 4 aliphatic carbocycles. The lowest BCUT2D eigenvalue weighted by molar-refractivity contribution is -0.122. The predicted octanol–water partition coefficient (Wildman–Crippen LogP) is 3.88. The van der Waals surface area contributed by atoms with Crippen molar-refractivity contribution in [1.29, 1.82) is 0 Å². The fraction of sp³-hybridized carbons (Fsp3) is 0.591. The largest absolute Gasteiger partial charge is 0.326 e. The summed E-state index contributed by atoms with van der Waals surface area (Å²) >= 11 is 1.44. The molecule has 4 bridgehead atoms. The Morgan fingerprint density at radius 2 is 1.75 bits per heavy atom. The molecule has 1 atom stereocenters. The summed E-state index contributed by atoms with van der Waals surface area (Å²) < 4.78 is 0. The van der Waals surface area contributed by atoms with Crippen LogP contribution >= 0.6 is 11.8 Å². The number of amidine groups is 1. The van der Waals surface area contributed by atoms with Gasteiger partial charge in [0.05, 0.1) is 5.54 Å². The molecule has 2 N–H and O–H groups in total. The average molecular weight is 398 g/mol. The third-order valence-electron chi connectivity index (χ3n) is 6.83. The molecule has 0 radical (unpaired) electrons. The smallest absolute Gasteiger partial charge is 0.240 e. The second kappa shape index (κ2) is 6.90. The molecular weight excluding hydrogens is 370 g/mol. The van der Waals surface area contributed by atoms with Gasteiger partial charge >= 0.3 is 0 Å². The molecule has 6 rings (SSSR count). The van der Waals surface area contributed by atoms with Gasteiger partial charge in [0.1, 0.15) is 5.25 Å². The van der Waals surface area contributed by atoms with Gasteiger partial charge in [0.2, 0.25) is 11.8 Å². The zero-order chi connectivity index (χ0) is 19.3. The van der Waals surface area contributed by atoms with E-state index in [1.807, 2.05) is 31.2 Å². The van der Waals surface area contributed by atoms with Crippen LogP contribution in [-0.4, -0.2) is 27.8 Å². The summed E-state index contributed by atoms with van der Waals surface area (Å²) in [5.41, 5.74) is 1.96. The number of carbonyl (C=O) groups is 2. The number of rotatable bonds is 4. The topological polar surface area (TPSA) is 70.6 Å². The number of carbonyl (C=O) groups excluding carboxylic acids is 2. The van der Waals surface area contributed by atoms with Gasteiger partial charge in [-0.25, -0.2) is 0 Å². The highest BCUT2D eigenvalue weighted by molar-refractivity contribution is 8.15. The van der Waals surface area contributed by atoms with Crippen LogP contribution in [0.3, 0.4) is 0 Å². The monoisotopic (exact) mass is 397 g/mol. The van der Waals surface area contributed by atoms with E-state index in [9.17, 15) is 9.59 Å². The van der Waals surface area contributed by atoms with Crippen LogP contribution in [-0.2, 0) is 9.59 Å². The van der Waals surface area contributed by atoms with E-state index in [2.05, 4.69) is 10.6 Å². The Hall–Kier alpha value is -1.82. The molecule has 1 saturated heterocycles. The van der Waals surface area contributed by atoms with Gasteiger partial charge < -0.3 is 10.6 Å². The number of thioether (sulfide) groups is 1. The van der Waals surface area contributed by atoms with Crippen molar-refractivity contribution in [3.8, 4) is 0 Å². The number of amides is 2. The predicted molar refractivity (Wildman–Crippen MR) is 112 cm³/mol. The lowest BCUT2D eigenvalue weighted by Gasteiger charge is -2.55. The Balaban J connectivity index is 1.23. The average Bonchev–Trinajstić information content (AvgIpc) is 2.94. The molecule has 1 aromatic rings. The number of aryl methyl sites for hydroxylation is 1. The SMILES string of the molecule is Cc1ccc(NC(=O)CC2SC(=NC34CC5CC(CC(C5)C3)C4)NC2=O)cc1. The maximum Gasteiger partial charge on any atom is 0.240 e. The van der Waals surface area contributed by atoms with Gasteiger partial charge in [-0.1, -0.05) is 29.5 Å². The zero-order valence-electron chi connectivity index (χ0n) is 16.2. The molecule has 5 nitrogen and oxygen atoms in total. The van der Waals surface area contributed by atoms with Crippen LogP contribution in [0.2, 0.25) is 0 Å². The van der Waals surface area contributed by atoms with Crippen LogP contribution < -0.4 is 10.6 Å². The first-order valence-corrected chi connectivity index (χ1v) is 11.3. The minimum absolute atomic E-state index is 0.0451. The summed E-state index contributed by atoms with van der Waals surface area (Å²) in [6, 6.07) is 7.69. The Morgan fingerprint density at radius 3 is 2.36 bits per heavy atom. The van der Waals surface area contributed by atoms with Gasteiger partial charge in [0.15, 0.2) is 5.17 Å². The molecule has 1 aliphatic heterocycles. The third-order valence-corrected chi connectivity index (χ3v) is 7.91. The lowest BCUT2D eigenvalue weighted by Crippen LogP contribution is -2.50. The molecule has 5 fully saturated rings. The van der Waals surface area contributed by atoms with E-state index in [0.29, 0.717) is 0 Å². The van der Waals surface area contributed by atoms with Crippen molar-refractivity contribution >= 4 is 34.4 Å². The van der Waals surface area contributed by atoms with E-state index in [-0.39, 0.29) is 23.8 Å². The summed E-state index contributed by atoms with van der Waals surface area (Å²) in [5.74, 6) is 2.26. The maximum atomic E-state index is 12.4. The molecular formula is C22H27N3O2S. The minimum atomic E-state index is -0.391. The highest BCUT2D eigenvalue weighted by Crippen LogP contribution is 2.57. The normalized spacial score (nSPS) is 37.3. The Labute approximate surface area is 170 Å². The minimum Gasteiger partial charge on any atom is -0.326 e. The number of hydrogen-bond donors (Lipinski definition) is 2. The molecule has 0 aromatic heterocycles. The summed E-state index contributed by atoms with van der Waals surface area (Å²) in [7, 11) is 0. The van der Waals surface area contributed by atoms with E-state index in [0.717, 1.165) is 34.2 Å². The second-order valence-electron chi connectivity index (χ2n) is 9.27. The van der Waals surface area contributed by atoms with Crippen molar-refractivity contribution in [2.24, 2.45) is 22.7 Å². The van der Waals surface area contributed by atoms with Crippen LogP contribution in [0.15, 0.2) is 29.3 Å². The lowest BCUT2D eigenvalue weighted by atomic mass is 9.53. The van der Waals surface area contributed by atoms with E-state index in [4.69, 9.17) is 4.99 Å². The summed E-state index contributed by atoms with van der Waals surface area (Å²) in [5, 5.41) is 6.18. The van der Waals surface area contributed by atoms with Gasteiger partial charge in [-0.3, -0.25) is 14.6 Å². The van der Waals surface area contributed by atoms with Crippen molar-refractivity contribution in [2.45, 2.75) is 62.7 Å². The molecule has 1 heterocycles. The van der Waals surface area contributed by atoms with Crippen LogP contribution in [0.5, 0.6) is 0 Å². The van der Waals surface area contributed by atoms with Crippen molar-refractivity contribution in [3.63, 3.8) is 0 Å². The Kier molecular flexibility index (Phi) is 4.49. The molecule has 5 aliphatic rings. The first kappa shape index (κ1) is 18.2. The summed E-state index contributed by atoms with van der Waals surface area (Å²) in [6.45, 7) is 2.01. The van der Waals surface area contributed by atoms with Gasteiger partial charge in [-0.05, 0) is 75.3 Å². The van der Waals surface area contributed by atoms with Gasteiger partial charge in [0, 0.05) is 12.1 Å². The summed E-state index contributed by atoms with van der Waals surface area (Å²) in [6.07, 6.45) is 7.85. The molecule has 148 valence electrons. The molecule has 1 aromatic carbocycles. The molecule has 2 amide bonds. The standard InChI is InChI=1S/C22H27N3O2S/c1-13-2-4-17(5-3-13)23-19(26)9-18-20(27)24-21(28-18)25-22-10-14-6-15(11-22)8-16(7-14)12-22/h2-5,14-16,18H,6-12H2,1H3,(H,23,26)(H,24,25,27). The number of hydrogen-bond acceptors (Lipinski definition) is 4. The van der Waals surface area contributed by atoms with Crippen molar-refractivity contribution in [3.05, 3.63) is 29.8 Å². The highest BCUT2D eigenvalue weighted by Gasteiger charge is 2.51. The van der Waals surface area contributed by atoms with Gasteiger partial charge in [0.25, 0.3) is 0 Å².